The lowest BCUT2D eigenvalue weighted by Gasteiger charge is -2.17. The summed E-state index contributed by atoms with van der Waals surface area (Å²) < 4.78 is 32.6. The van der Waals surface area contributed by atoms with Gasteiger partial charge in [-0.05, 0) is 42.7 Å². The zero-order chi connectivity index (χ0) is 19.3. The Morgan fingerprint density at radius 2 is 1.85 bits per heavy atom. The predicted octanol–water partition coefficient (Wildman–Crippen LogP) is 3.78. The Morgan fingerprint density at radius 1 is 1.12 bits per heavy atom. The van der Waals surface area contributed by atoms with E-state index < -0.39 is 9.84 Å². The lowest BCUT2D eigenvalue weighted by molar-refractivity contribution is 0.415. The van der Waals surface area contributed by atoms with Crippen molar-refractivity contribution in [1.82, 2.24) is 4.57 Å². The van der Waals surface area contributed by atoms with Crippen molar-refractivity contribution in [3.05, 3.63) is 35.5 Å². The van der Waals surface area contributed by atoms with Crippen LogP contribution in [-0.4, -0.2) is 25.8 Å². The van der Waals surface area contributed by atoms with Crippen LogP contribution in [0.3, 0.4) is 0 Å². The van der Waals surface area contributed by atoms with Crippen LogP contribution in [-0.2, 0) is 29.3 Å². The van der Waals surface area contributed by atoms with E-state index in [2.05, 4.69) is 24.5 Å². The standard InChI is InChI=1S/C20H30N2O3S/c1-5-8-15-12-16(14-21)22(11-6-2)20(15)18-13-17(26(23,24)7-3)9-10-19(18)25-4/h9-10,12-13H,5-8,11,14,21H2,1-4H3. The first-order chi connectivity index (χ1) is 12.4. The first-order valence-corrected chi connectivity index (χ1v) is 10.9. The number of benzene rings is 1. The second-order valence-corrected chi connectivity index (χ2v) is 8.66. The van der Waals surface area contributed by atoms with Gasteiger partial charge in [0.2, 0.25) is 0 Å². The van der Waals surface area contributed by atoms with Crippen molar-refractivity contribution in [3.63, 3.8) is 0 Å². The van der Waals surface area contributed by atoms with Gasteiger partial charge in [0, 0.05) is 24.3 Å². The van der Waals surface area contributed by atoms with Gasteiger partial charge in [-0.3, -0.25) is 0 Å². The van der Waals surface area contributed by atoms with E-state index in [-0.39, 0.29) is 5.75 Å². The number of hydrogen-bond acceptors (Lipinski definition) is 4. The number of aryl methyl sites for hydroxylation is 1. The van der Waals surface area contributed by atoms with Crippen molar-refractivity contribution in [1.29, 1.82) is 0 Å². The van der Waals surface area contributed by atoms with E-state index in [1.54, 1.807) is 32.2 Å². The van der Waals surface area contributed by atoms with Gasteiger partial charge < -0.3 is 15.0 Å². The summed E-state index contributed by atoms with van der Waals surface area (Å²) in [7, 11) is -1.68. The van der Waals surface area contributed by atoms with Gasteiger partial charge in [0.15, 0.2) is 9.84 Å². The average molecular weight is 379 g/mol. The Hall–Kier alpha value is -1.79. The molecule has 0 aliphatic carbocycles. The van der Waals surface area contributed by atoms with Gasteiger partial charge in [-0.25, -0.2) is 8.42 Å². The molecule has 0 saturated heterocycles. The average Bonchev–Trinajstić information content (AvgIpc) is 2.99. The van der Waals surface area contributed by atoms with E-state index in [1.165, 1.54) is 5.56 Å². The Bertz CT molecular complexity index is 854. The lowest BCUT2D eigenvalue weighted by atomic mass is 10.0. The molecule has 2 rings (SSSR count). The third-order valence-electron chi connectivity index (χ3n) is 4.60. The Balaban J connectivity index is 2.80. The van der Waals surface area contributed by atoms with Gasteiger partial charge in [0.25, 0.3) is 0 Å². The highest BCUT2D eigenvalue weighted by Crippen LogP contribution is 2.37. The summed E-state index contributed by atoms with van der Waals surface area (Å²) in [5.74, 6) is 0.751. The van der Waals surface area contributed by atoms with Crippen LogP contribution in [0, 0.1) is 0 Å². The molecule has 2 aromatic rings. The molecule has 2 N–H and O–H groups in total. The molecule has 1 aromatic heterocycles. The highest BCUT2D eigenvalue weighted by molar-refractivity contribution is 7.91. The van der Waals surface area contributed by atoms with Crippen LogP contribution in [0.15, 0.2) is 29.2 Å². The normalized spacial score (nSPS) is 11.7. The number of aromatic nitrogens is 1. The van der Waals surface area contributed by atoms with Crippen molar-refractivity contribution in [3.8, 4) is 17.0 Å². The SMILES string of the molecule is CCCc1cc(CN)n(CCC)c1-c1cc(S(=O)(=O)CC)ccc1OC. The molecule has 0 radical (unpaired) electrons. The molecule has 1 aromatic carbocycles. The van der Waals surface area contributed by atoms with E-state index in [0.717, 1.165) is 42.8 Å². The van der Waals surface area contributed by atoms with Gasteiger partial charge in [-0.15, -0.1) is 0 Å². The first kappa shape index (κ1) is 20.5. The molecule has 26 heavy (non-hydrogen) atoms. The van der Waals surface area contributed by atoms with Crippen LogP contribution >= 0.6 is 0 Å². The quantitative estimate of drug-likeness (QED) is 0.720. The van der Waals surface area contributed by atoms with Gasteiger partial charge in [-0.2, -0.15) is 0 Å². The van der Waals surface area contributed by atoms with Gasteiger partial charge in [0.1, 0.15) is 5.75 Å². The van der Waals surface area contributed by atoms with Crippen LogP contribution in [0.5, 0.6) is 5.75 Å². The van der Waals surface area contributed by atoms with Crippen molar-refractivity contribution < 1.29 is 13.2 Å². The van der Waals surface area contributed by atoms with E-state index in [4.69, 9.17) is 10.5 Å². The third kappa shape index (κ3) is 3.96. The van der Waals surface area contributed by atoms with E-state index >= 15 is 0 Å². The maximum absolute atomic E-state index is 12.4. The molecule has 0 aliphatic heterocycles. The Morgan fingerprint density at radius 3 is 2.38 bits per heavy atom. The number of sulfone groups is 1. The van der Waals surface area contributed by atoms with E-state index in [0.29, 0.717) is 17.2 Å². The molecule has 0 unspecified atom stereocenters. The fourth-order valence-corrected chi connectivity index (χ4v) is 4.23. The van der Waals surface area contributed by atoms with Crippen LogP contribution in [0.1, 0.15) is 44.9 Å². The highest BCUT2D eigenvalue weighted by Gasteiger charge is 2.21. The number of nitrogens with zero attached hydrogens (tertiary/aromatic N) is 1. The summed E-state index contributed by atoms with van der Waals surface area (Å²) in [6, 6.07) is 7.27. The summed E-state index contributed by atoms with van der Waals surface area (Å²) in [6.45, 7) is 7.20. The monoisotopic (exact) mass is 378 g/mol. The summed E-state index contributed by atoms with van der Waals surface area (Å²) >= 11 is 0. The minimum atomic E-state index is -3.29. The first-order valence-electron chi connectivity index (χ1n) is 9.25. The Labute approximate surface area is 157 Å². The number of hydrogen-bond donors (Lipinski definition) is 1. The van der Waals surface area contributed by atoms with Gasteiger partial charge in [0.05, 0.1) is 23.5 Å². The van der Waals surface area contributed by atoms with Crippen molar-refractivity contribution in [2.75, 3.05) is 12.9 Å². The molecule has 0 atom stereocenters. The minimum absolute atomic E-state index is 0.0740. The van der Waals surface area contributed by atoms with Crippen LogP contribution in [0.4, 0.5) is 0 Å². The number of nitrogens with two attached hydrogens (primary N) is 1. The largest absolute Gasteiger partial charge is 0.496 e. The second kappa shape index (κ2) is 8.73. The van der Waals surface area contributed by atoms with E-state index in [1.807, 2.05) is 0 Å². The molecular weight excluding hydrogens is 348 g/mol. The number of methoxy groups -OCH3 is 1. The molecule has 6 heteroatoms. The zero-order valence-electron chi connectivity index (χ0n) is 16.2. The minimum Gasteiger partial charge on any atom is -0.496 e. The zero-order valence-corrected chi connectivity index (χ0v) is 17.0. The van der Waals surface area contributed by atoms with Crippen molar-refractivity contribution in [2.45, 2.75) is 58.0 Å². The molecule has 0 amide bonds. The third-order valence-corrected chi connectivity index (χ3v) is 6.33. The lowest BCUT2D eigenvalue weighted by Crippen LogP contribution is -2.10. The molecule has 144 valence electrons. The molecule has 5 nitrogen and oxygen atoms in total. The Kier molecular flexibility index (Phi) is 6.89. The maximum atomic E-state index is 12.4. The molecule has 0 fully saturated rings. The van der Waals surface area contributed by atoms with Crippen LogP contribution in [0.25, 0.3) is 11.3 Å². The fraction of sp³-hybridized carbons (Fsp3) is 0.500. The maximum Gasteiger partial charge on any atom is 0.178 e. The molecule has 0 spiro atoms. The molecule has 0 saturated carbocycles. The summed E-state index contributed by atoms with van der Waals surface area (Å²) in [4.78, 5) is 0.330. The van der Waals surface area contributed by atoms with Gasteiger partial charge in [-0.1, -0.05) is 27.2 Å². The molecule has 0 aliphatic rings. The fourth-order valence-electron chi connectivity index (χ4n) is 3.32. The van der Waals surface area contributed by atoms with E-state index in [9.17, 15) is 8.42 Å². The predicted molar refractivity (Wildman–Crippen MR) is 106 cm³/mol. The van der Waals surface area contributed by atoms with Crippen LogP contribution < -0.4 is 10.5 Å². The highest BCUT2D eigenvalue weighted by atomic mass is 32.2. The number of rotatable bonds is 9. The van der Waals surface area contributed by atoms with Crippen molar-refractivity contribution >= 4 is 9.84 Å². The van der Waals surface area contributed by atoms with Crippen LogP contribution in [0.2, 0.25) is 0 Å². The van der Waals surface area contributed by atoms with Gasteiger partial charge >= 0.3 is 0 Å². The molecular formula is C20H30N2O3S. The summed E-state index contributed by atoms with van der Waals surface area (Å²) in [5, 5.41) is 0. The summed E-state index contributed by atoms with van der Waals surface area (Å²) in [6.07, 6.45) is 2.88. The topological polar surface area (TPSA) is 74.3 Å². The number of ether oxygens (including phenoxy) is 1. The smallest absolute Gasteiger partial charge is 0.178 e. The van der Waals surface area contributed by atoms with Crippen molar-refractivity contribution in [2.24, 2.45) is 5.73 Å². The second-order valence-electron chi connectivity index (χ2n) is 6.38. The molecule has 0 bridgehead atoms. The summed E-state index contributed by atoms with van der Waals surface area (Å²) in [5.41, 5.74) is 10.1. The molecule has 1 heterocycles.